The molecule has 92 valence electrons. The second kappa shape index (κ2) is 4.27. The number of fused-ring (bicyclic) bond motifs is 1. The number of halogens is 3. The molecule has 1 aromatic carbocycles. The highest BCUT2D eigenvalue weighted by molar-refractivity contribution is 5.87. The van der Waals surface area contributed by atoms with Crippen LogP contribution in [0.3, 0.4) is 0 Å². The van der Waals surface area contributed by atoms with Crippen molar-refractivity contribution in [2.24, 2.45) is 0 Å². The molecule has 1 aromatic rings. The summed E-state index contributed by atoms with van der Waals surface area (Å²) in [5.41, 5.74) is 1.75. The van der Waals surface area contributed by atoms with Gasteiger partial charge in [-0.2, -0.15) is 13.2 Å². The second-order valence-corrected chi connectivity index (χ2v) is 3.89. The van der Waals surface area contributed by atoms with Crippen LogP contribution in [-0.4, -0.2) is 24.7 Å². The molecular formula is C11H11F3N2O. The summed E-state index contributed by atoms with van der Waals surface area (Å²) in [4.78, 5) is 11.5. The largest absolute Gasteiger partial charge is 0.405 e. The van der Waals surface area contributed by atoms with Gasteiger partial charge in [0.1, 0.15) is 12.6 Å². The van der Waals surface area contributed by atoms with Crippen LogP contribution in [0, 0.1) is 0 Å². The number of anilines is 1. The van der Waals surface area contributed by atoms with E-state index in [1.807, 2.05) is 23.5 Å². The third-order valence-corrected chi connectivity index (χ3v) is 2.55. The summed E-state index contributed by atoms with van der Waals surface area (Å²) in [6.07, 6.45) is -3.96. The van der Waals surface area contributed by atoms with Crippen LogP contribution in [0.1, 0.15) is 5.56 Å². The summed E-state index contributed by atoms with van der Waals surface area (Å²) in [6.45, 7) is -1.29. The Kier molecular flexibility index (Phi) is 2.95. The topological polar surface area (TPSA) is 41.1 Å². The fraction of sp³-hybridized carbons (Fsp3) is 0.364. The third-order valence-electron chi connectivity index (χ3n) is 2.55. The van der Waals surface area contributed by atoms with Gasteiger partial charge in [0, 0.05) is 12.1 Å². The Morgan fingerprint density at radius 2 is 2.12 bits per heavy atom. The van der Waals surface area contributed by atoms with Gasteiger partial charge < -0.3 is 10.6 Å². The van der Waals surface area contributed by atoms with E-state index < -0.39 is 24.7 Å². The monoisotopic (exact) mass is 244 g/mol. The van der Waals surface area contributed by atoms with E-state index in [1.165, 1.54) is 0 Å². The predicted molar refractivity (Wildman–Crippen MR) is 56.6 cm³/mol. The van der Waals surface area contributed by atoms with Gasteiger partial charge in [-0.3, -0.25) is 4.79 Å². The van der Waals surface area contributed by atoms with E-state index in [0.29, 0.717) is 6.42 Å². The molecule has 0 bridgehead atoms. The van der Waals surface area contributed by atoms with Crippen LogP contribution in [0.5, 0.6) is 0 Å². The van der Waals surface area contributed by atoms with Crippen molar-refractivity contribution in [2.75, 3.05) is 11.9 Å². The summed E-state index contributed by atoms with van der Waals surface area (Å²) >= 11 is 0. The van der Waals surface area contributed by atoms with Crippen LogP contribution in [-0.2, 0) is 11.2 Å². The Balaban J connectivity index is 1.92. The summed E-state index contributed by atoms with van der Waals surface area (Å²) in [7, 11) is 0. The van der Waals surface area contributed by atoms with Crippen molar-refractivity contribution >= 4 is 11.6 Å². The zero-order valence-electron chi connectivity index (χ0n) is 8.84. The molecule has 17 heavy (non-hydrogen) atoms. The highest BCUT2D eigenvalue weighted by atomic mass is 19.4. The molecule has 2 N–H and O–H groups in total. The molecule has 3 nitrogen and oxygen atoms in total. The van der Waals surface area contributed by atoms with E-state index in [1.54, 1.807) is 6.07 Å². The lowest BCUT2D eigenvalue weighted by Crippen LogP contribution is -2.42. The molecule has 1 atom stereocenters. The summed E-state index contributed by atoms with van der Waals surface area (Å²) < 4.78 is 35.8. The lowest BCUT2D eigenvalue weighted by molar-refractivity contribution is -0.138. The Morgan fingerprint density at radius 3 is 2.76 bits per heavy atom. The van der Waals surface area contributed by atoms with E-state index >= 15 is 0 Å². The van der Waals surface area contributed by atoms with E-state index in [4.69, 9.17) is 0 Å². The maximum Gasteiger partial charge on any atom is 0.405 e. The first-order chi connectivity index (χ1) is 7.96. The minimum absolute atomic E-state index is 0.417. The van der Waals surface area contributed by atoms with E-state index in [-0.39, 0.29) is 0 Å². The van der Waals surface area contributed by atoms with Gasteiger partial charge in [0.05, 0.1) is 0 Å². The smallest absolute Gasteiger partial charge is 0.373 e. The highest BCUT2D eigenvalue weighted by Gasteiger charge is 2.31. The number of carbonyl (C=O) groups is 1. The summed E-state index contributed by atoms with van der Waals surface area (Å²) in [5.74, 6) is -0.626. The lowest BCUT2D eigenvalue weighted by Gasteiger charge is -2.13. The molecular weight excluding hydrogens is 233 g/mol. The molecule has 6 heteroatoms. The lowest BCUT2D eigenvalue weighted by atomic mass is 10.1. The van der Waals surface area contributed by atoms with Crippen molar-refractivity contribution < 1.29 is 18.0 Å². The van der Waals surface area contributed by atoms with E-state index in [2.05, 4.69) is 5.32 Å². The normalized spacial score (nSPS) is 18.4. The molecule has 0 radical (unpaired) electrons. The number of para-hydroxylation sites is 1. The number of nitrogens with one attached hydrogen (secondary N) is 2. The van der Waals surface area contributed by atoms with Crippen molar-refractivity contribution in [1.82, 2.24) is 5.32 Å². The minimum atomic E-state index is -4.37. The number of carbonyl (C=O) groups excluding carboxylic acids is 1. The van der Waals surface area contributed by atoms with Crippen LogP contribution in [0.15, 0.2) is 24.3 Å². The average Bonchev–Trinajstić information content (AvgIpc) is 2.68. The molecule has 0 fully saturated rings. The standard InChI is InChI=1S/C11H11F3N2O/c12-11(13,14)6-15-10(17)9-5-7-3-1-2-4-8(7)16-9/h1-4,9,16H,5-6H2,(H,15,17)/t9-/m0/s1. The first-order valence-corrected chi connectivity index (χ1v) is 5.14. The molecule has 0 aliphatic carbocycles. The van der Waals surface area contributed by atoms with Crippen LogP contribution in [0.4, 0.5) is 18.9 Å². The van der Waals surface area contributed by atoms with Crippen LogP contribution in [0.25, 0.3) is 0 Å². The molecule has 0 unspecified atom stereocenters. The van der Waals surface area contributed by atoms with Gasteiger partial charge in [-0.1, -0.05) is 18.2 Å². The van der Waals surface area contributed by atoms with Gasteiger partial charge in [0.2, 0.25) is 5.91 Å². The van der Waals surface area contributed by atoms with Crippen molar-refractivity contribution in [3.05, 3.63) is 29.8 Å². The highest BCUT2D eigenvalue weighted by Crippen LogP contribution is 2.25. The summed E-state index contributed by atoms with van der Waals surface area (Å²) in [5, 5.41) is 4.76. The number of hydrogen-bond acceptors (Lipinski definition) is 2. The number of benzene rings is 1. The van der Waals surface area contributed by atoms with Gasteiger partial charge in [-0.15, -0.1) is 0 Å². The Morgan fingerprint density at radius 1 is 1.41 bits per heavy atom. The molecule has 1 aliphatic rings. The Hall–Kier alpha value is -1.72. The van der Waals surface area contributed by atoms with Crippen molar-refractivity contribution in [3.63, 3.8) is 0 Å². The molecule has 1 heterocycles. The molecule has 1 amide bonds. The van der Waals surface area contributed by atoms with Crippen molar-refractivity contribution in [3.8, 4) is 0 Å². The SMILES string of the molecule is O=C(NCC(F)(F)F)[C@@H]1Cc2ccccc2N1. The van der Waals surface area contributed by atoms with Gasteiger partial charge >= 0.3 is 6.18 Å². The number of hydrogen-bond donors (Lipinski definition) is 2. The van der Waals surface area contributed by atoms with Crippen LogP contribution >= 0.6 is 0 Å². The van der Waals surface area contributed by atoms with E-state index in [9.17, 15) is 18.0 Å². The molecule has 2 rings (SSSR count). The molecule has 1 aliphatic heterocycles. The first-order valence-electron chi connectivity index (χ1n) is 5.14. The molecule has 0 spiro atoms. The van der Waals surface area contributed by atoms with Gasteiger partial charge in [0.15, 0.2) is 0 Å². The van der Waals surface area contributed by atoms with Gasteiger partial charge in [0.25, 0.3) is 0 Å². The molecule has 0 aromatic heterocycles. The van der Waals surface area contributed by atoms with E-state index in [0.717, 1.165) is 11.3 Å². The summed E-state index contributed by atoms with van der Waals surface area (Å²) in [6, 6.07) is 6.67. The van der Waals surface area contributed by atoms with Crippen LogP contribution in [0.2, 0.25) is 0 Å². The van der Waals surface area contributed by atoms with Crippen LogP contribution < -0.4 is 10.6 Å². The maximum absolute atomic E-state index is 11.9. The first kappa shape index (κ1) is 11.8. The maximum atomic E-state index is 11.9. The number of alkyl halides is 3. The average molecular weight is 244 g/mol. The quantitative estimate of drug-likeness (QED) is 0.831. The zero-order chi connectivity index (χ0) is 12.5. The number of rotatable bonds is 2. The fourth-order valence-electron chi connectivity index (χ4n) is 1.77. The van der Waals surface area contributed by atoms with Gasteiger partial charge in [-0.05, 0) is 11.6 Å². The third kappa shape index (κ3) is 2.89. The molecule has 0 saturated carbocycles. The molecule has 0 saturated heterocycles. The Bertz CT molecular complexity index is 406. The van der Waals surface area contributed by atoms with Gasteiger partial charge in [-0.25, -0.2) is 0 Å². The second-order valence-electron chi connectivity index (χ2n) is 3.89. The van der Waals surface area contributed by atoms with Crippen molar-refractivity contribution in [2.45, 2.75) is 18.6 Å². The van der Waals surface area contributed by atoms with Crippen molar-refractivity contribution in [1.29, 1.82) is 0 Å². The Labute approximate surface area is 96.0 Å². The number of amides is 1. The zero-order valence-corrected chi connectivity index (χ0v) is 8.84. The minimum Gasteiger partial charge on any atom is -0.373 e. The predicted octanol–water partition coefficient (Wildman–Crippen LogP) is 1.70. The fourth-order valence-corrected chi connectivity index (χ4v) is 1.77.